The van der Waals surface area contributed by atoms with E-state index in [9.17, 15) is 14.4 Å². The van der Waals surface area contributed by atoms with Crippen molar-refractivity contribution in [3.63, 3.8) is 0 Å². The van der Waals surface area contributed by atoms with E-state index in [1.54, 1.807) is 30.3 Å². The first-order chi connectivity index (χ1) is 12.0. The maximum absolute atomic E-state index is 12.8. The molecule has 2 rings (SSSR count). The topological polar surface area (TPSA) is 98.5 Å². The number of aryl methyl sites for hydroxylation is 1. The van der Waals surface area contributed by atoms with Gasteiger partial charge in [-0.1, -0.05) is 23.7 Å². The smallest absolute Gasteiger partial charge is 0.305 e. The normalized spacial score (nSPS) is 10.4. The molecule has 0 atom stereocenters. The van der Waals surface area contributed by atoms with Crippen LogP contribution in [0.25, 0.3) is 0 Å². The van der Waals surface area contributed by atoms with Gasteiger partial charge in [-0.25, -0.2) is 0 Å². The number of nitrogens with two attached hydrogens (primary N) is 1. The van der Waals surface area contributed by atoms with Gasteiger partial charge < -0.3 is 15.8 Å². The molecule has 0 radical (unpaired) electrons. The molecule has 0 unspecified atom stereocenters. The predicted octanol–water partition coefficient (Wildman–Crippen LogP) is 2.64. The number of esters is 1. The lowest BCUT2D eigenvalue weighted by atomic mass is 10.0. The number of ketones is 1. The molecule has 0 spiro atoms. The Morgan fingerprint density at radius 1 is 1.24 bits per heavy atom. The van der Waals surface area contributed by atoms with Gasteiger partial charge in [0, 0.05) is 10.4 Å². The Morgan fingerprint density at radius 2 is 1.96 bits per heavy atom. The fourth-order valence-electron chi connectivity index (χ4n) is 2.12. The summed E-state index contributed by atoms with van der Waals surface area (Å²) in [6.07, 6.45) is 0.583. The molecule has 0 saturated heterocycles. The highest BCUT2D eigenvalue weighted by molar-refractivity contribution is 7.16. The molecule has 0 saturated carbocycles. The van der Waals surface area contributed by atoms with Crippen molar-refractivity contribution in [2.24, 2.45) is 5.73 Å². The standard InChI is InChI=1S/C17H17ClN2O4S/c1-24-15(22)7-6-10-8-12(17(25-10)20-14(21)9-19)16(23)11-4-2-3-5-13(11)18/h2-5,8H,6-7,9,19H2,1H3,(H,20,21). The maximum atomic E-state index is 12.8. The molecule has 1 amide bonds. The van der Waals surface area contributed by atoms with Crippen LogP contribution in [0.4, 0.5) is 5.00 Å². The fourth-order valence-corrected chi connectivity index (χ4v) is 3.41. The van der Waals surface area contributed by atoms with Gasteiger partial charge in [-0.2, -0.15) is 0 Å². The Morgan fingerprint density at radius 3 is 2.60 bits per heavy atom. The summed E-state index contributed by atoms with van der Waals surface area (Å²) in [4.78, 5) is 36.5. The summed E-state index contributed by atoms with van der Waals surface area (Å²) in [5.41, 5.74) is 5.99. The molecule has 6 nitrogen and oxygen atoms in total. The zero-order valence-electron chi connectivity index (χ0n) is 13.5. The second-order valence-electron chi connectivity index (χ2n) is 5.09. The minimum Gasteiger partial charge on any atom is -0.469 e. The number of rotatable bonds is 7. The molecule has 1 heterocycles. The second-order valence-corrected chi connectivity index (χ2v) is 6.64. The number of halogens is 1. The largest absolute Gasteiger partial charge is 0.469 e. The number of hydrogen-bond donors (Lipinski definition) is 2. The SMILES string of the molecule is COC(=O)CCc1cc(C(=O)c2ccccc2Cl)c(NC(=O)CN)s1. The Balaban J connectivity index is 2.34. The molecule has 1 aromatic carbocycles. The van der Waals surface area contributed by atoms with Crippen LogP contribution >= 0.6 is 22.9 Å². The van der Waals surface area contributed by atoms with Crippen molar-refractivity contribution in [1.82, 2.24) is 0 Å². The second kappa shape index (κ2) is 8.75. The average molecular weight is 381 g/mol. The molecule has 2 aromatic rings. The zero-order valence-corrected chi connectivity index (χ0v) is 15.1. The van der Waals surface area contributed by atoms with Crippen LogP contribution < -0.4 is 11.1 Å². The van der Waals surface area contributed by atoms with Gasteiger partial charge in [0.2, 0.25) is 5.91 Å². The van der Waals surface area contributed by atoms with E-state index < -0.39 is 5.91 Å². The minimum atomic E-state index is -0.408. The van der Waals surface area contributed by atoms with E-state index in [0.717, 1.165) is 4.88 Å². The van der Waals surface area contributed by atoms with E-state index in [-0.39, 0.29) is 24.7 Å². The first-order valence-electron chi connectivity index (χ1n) is 7.45. The van der Waals surface area contributed by atoms with Crippen molar-refractivity contribution in [2.45, 2.75) is 12.8 Å². The summed E-state index contributed by atoms with van der Waals surface area (Å²) in [7, 11) is 1.32. The summed E-state index contributed by atoms with van der Waals surface area (Å²) in [5, 5.41) is 3.34. The van der Waals surface area contributed by atoms with E-state index in [2.05, 4.69) is 10.1 Å². The van der Waals surface area contributed by atoms with Crippen molar-refractivity contribution in [1.29, 1.82) is 0 Å². The highest BCUT2D eigenvalue weighted by Crippen LogP contribution is 2.32. The first kappa shape index (κ1) is 19.1. The molecular formula is C17H17ClN2O4S. The lowest BCUT2D eigenvalue weighted by Crippen LogP contribution is -2.22. The Labute approximate surface area is 153 Å². The van der Waals surface area contributed by atoms with Crippen LogP contribution in [0.2, 0.25) is 5.02 Å². The van der Waals surface area contributed by atoms with E-state index in [1.807, 2.05) is 0 Å². The molecule has 8 heteroatoms. The molecule has 0 aliphatic carbocycles. The van der Waals surface area contributed by atoms with Crippen LogP contribution in [0.15, 0.2) is 30.3 Å². The van der Waals surface area contributed by atoms with Crippen LogP contribution in [0, 0.1) is 0 Å². The van der Waals surface area contributed by atoms with Crippen LogP contribution in [0.1, 0.15) is 27.2 Å². The van der Waals surface area contributed by atoms with Gasteiger partial charge in [-0.05, 0) is 24.6 Å². The molecule has 0 fully saturated rings. The van der Waals surface area contributed by atoms with Gasteiger partial charge >= 0.3 is 5.97 Å². The number of ether oxygens (including phenoxy) is 1. The first-order valence-corrected chi connectivity index (χ1v) is 8.64. The lowest BCUT2D eigenvalue weighted by Gasteiger charge is -2.05. The van der Waals surface area contributed by atoms with Crippen molar-refractivity contribution in [2.75, 3.05) is 19.0 Å². The summed E-state index contributed by atoms with van der Waals surface area (Å²) < 4.78 is 4.62. The van der Waals surface area contributed by atoms with Crippen LogP contribution in [0.5, 0.6) is 0 Å². The van der Waals surface area contributed by atoms with E-state index in [0.29, 0.717) is 27.6 Å². The molecule has 1 aromatic heterocycles. The Hall–Kier alpha value is -2.22. The third kappa shape index (κ3) is 4.88. The average Bonchev–Trinajstić information content (AvgIpc) is 3.02. The van der Waals surface area contributed by atoms with Gasteiger partial charge in [0.15, 0.2) is 5.78 Å². The monoisotopic (exact) mass is 380 g/mol. The molecule has 0 aliphatic rings. The van der Waals surface area contributed by atoms with Gasteiger partial charge in [0.1, 0.15) is 5.00 Å². The summed E-state index contributed by atoms with van der Waals surface area (Å²) in [6.45, 7) is -0.199. The number of carbonyl (C=O) groups is 3. The number of hydrogen-bond acceptors (Lipinski definition) is 6. The van der Waals surface area contributed by atoms with Crippen LogP contribution in [0.3, 0.4) is 0 Å². The molecule has 25 heavy (non-hydrogen) atoms. The van der Waals surface area contributed by atoms with Gasteiger partial charge in [0.05, 0.1) is 30.7 Å². The summed E-state index contributed by atoms with van der Waals surface area (Å²) in [5.74, 6) is -1.06. The maximum Gasteiger partial charge on any atom is 0.305 e. The molecular weight excluding hydrogens is 364 g/mol. The van der Waals surface area contributed by atoms with Gasteiger partial charge in [-0.15, -0.1) is 11.3 Å². The number of thiophene rings is 1. The summed E-state index contributed by atoms with van der Waals surface area (Å²) in [6, 6.07) is 8.33. The van der Waals surface area contributed by atoms with E-state index in [1.165, 1.54) is 18.4 Å². The molecule has 132 valence electrons. The number of amides is 1. The number of methoxy groups -OCH3 is 1. The third-order valence-electron chi connectivity index (χ3n) is 3.39. The number of carbonyl (C=O) groups excluding carboxylic acids is 3. The number of nitrogens with one attached hydrogen (secondary N) is 1. The number of benzene rings is 1. The quantitative estimate of drug-likeness (QED) is 0.568. The van der Waals surface area contributed by atoms with Crippen LogP contribution in [-0.2, 0) is 20.7 Å². The lowest BCUT2D eigenvalue weighted by molar-refractivity contribution is -0.140. The van der Waals surface area contributed by atoms with Crippen molar-refractivity contribution in [3.05, 3.63) is 51.4 Å². The van der Waals surface area contributed by atoms with Crippen molar-refractivity contribution in [3.8, 4) is 0 Å². The van der Waals surface area contributed by atoms with E-state index in [4.69, 9.17) is 17.3 Å². The summed E-state index contributed by atoms with van der Waals surface area (Å²) >= 11 is 7.32. The Bertz CT molecular complexity index is 804. The minimum absolute atomic E-state index is 0.182. The molecule has 3 N–H and O–H groups in total. The molecule has 0 bridgehead atoms. The molecule has 0 aliphatic heterocycles. The number of anilines is 1. The third-order valence-corrected chi connectivity index (χ3v) is 4.83. The highest BCUT2D eigenvalue weighted by Gasteiger charge is 2.21. The van der Waals surface area contributed by atoms with Crippen molar-refractivity contribution < 1.29 is 19.1 Å². The highest BCUT2D eigenvalue weighted by atomic mass is 35.5. The predicted molar refractivity (Wildman–Crippen MR) is 97.2 cm³/mol. The van der Waals surface area contributed by atoms with E-state index >= 15 is 0 Å². The fraction of sp³-hybridized carbons (Fsp3) is 0.235. The Kier molecular flexibility index (Phi) is 6.69. The van der Waals surface area contributed by atoms with Gasteiger partial charge in [0.25, 0.3) is 0 Å². The van der Waals surface area contributed by atoms with Crippen LogP contribution in [-0.4, -0.2) is 31.3 Å². The zero-order chi connectivity index (χ0) is 18.4. The van der Waals surface area contributed by atoms with Gasteiger partial charge in [-0.3, -0.25) is 14.4 Å². The van der Waals surface area contributed by atoms with Crippen molar-refractivity contribution >= 4 is 45.6 Å².